The molecule has 0 saturated carbocycles. The van der Waals surface area contributed by atoms with Crippen LogP contribution in [0.25, 0.3) is 0 Å². The number of oxime groups is 1. The van der Waals surface area contributed by atoms with Crippen molar-refractivity contribution in [3.05, 3.63) is 64.5 Å². The maximum atomic E-state index is 13.4. The quantitative estimate of drug-likeness (QED) is 0.291. The highest BCUT2D eigenvalue weighted by Gasteiger charge is 2.24. The molecule has 0 spiro atoms. The summed E-state index contributed by atoms with van der Waals surface area (Å²) < 4.78 is 65.6. The molecule has 132 valence electrons. The lowest BCUT2D eigenvalue weighted by molar-refractivity contribution is -0.120. The summed E-state index contributed by atoms with van der Waals surface area (Å²) in [5.41, 5.74) is 0.135. The number of aryl methyl sites for hydroxylation is 1. The summed E-state index contributed by atoms with van der Waals surface area (Å²) in [5, 5.41) is 5.53. The van der Waals surface area contributed by atoms with Gasteiger partial charge in [0.25, 0.3) is 5.91 Å². The van der Waals surface area contributed by atoms with E-state index in [1.54, 1.807) is 18.2 Å². The van der Waals surface area contributed by atoms with Crippen LogP contribution in [0, 0.1) is 36.0 Å². The molecule has 0 fully saturated rings. The van der Waals surface area contributed by atoms with Crippen molar-refractivity contribution < 1.29 is 31.6 Å². The number of hydrogen-bond donors (Lipinski definition) is 1. The number of benzene rings is 2. The third-order valence-corrected chi connectivity index (χ3v) is 3.00. The van der Waals surface area contributed by atoms with Crippen LogP contribution >= 0.6 is 0 Å². The van der Waals surface area contributed by atoms with Crippen LogP contribution in [-0.2, 0) is 9.63 Å². The largest absolute Gasteiger partial charge is 0.386 e. The van der Waals surface area contributed by atoms with E-state index in [2.05, 4.69) is 15.3 Å². The Morgan fingerprint density at radius 3 is 2.28 bits per heavy atom. The van der Waals surface area contributed by atoms with Crippen LogP contribution in [0.4, 0.5) is 27.6 Å². The van der Waals surface area contributed by atoms with Gasteiger partial charge in [0.1, 0.15) is 0 Å². The molecule has 1 amide bonds. The third kappa shape index (κ3) is 4.31. The summed E-state index contributed by atoms with van der Waals surface area (Å²) in [5.74, 6) is -11.2. The fourth-order valence-electron chi connectivity index (χ4n) is 1.84. The topological polar surface area (TPSA) is 50.7 Å². The van der Waals surface area contributed by atoms with Crippen molar-refractivity contribution in [2.45, 2.75) is 6.92 Å². The summed E-state index contributed by atoms with van der Waals surface area (Å²) in [6.45, 7) is 1.19. The number of amides is 1. The van der Waals surface area contributed by atoms with E-state index in [9.17, 15) is 26.7 Å². The van der Waals surface area contributed by atoms with Gasteiger partial charge in [0, 0.05) is 5.69 Å². The predicted molar refractivity (Wildman–Crippen MR) is 79.6 cm³/mol. The van der Waals surface area contributed by atoms with Gasteiger partial charge in [0.05, 0.1) is 11.8 Å². The van der Waals surface area contributed by atoms with E-state index in [4.69, 9.17) is 0 Å². The van der Waals surface area contributed by atoms with Crippen LogP contribution in [-0.4, -0.2) is 18.7 Å². The summed E-state index contributed by atoms with van der Waals surface area (Å²) in [6, 6.07) is 6.85. The zero-order valence-corrected chi connectivity index (χ0v) is 12.7. The third-order valence-electron chi connectivity index (χ3n) is 3.00. The van der Waals surface area contributed by atoms with Gasteiger partial charge in [-0.1, -0.05) is 17.3 Å². The molecule has 0 bridgehead atoms. The maximum Gasteiger partial charge on any atom is 0.265 e. The first kappa shape index (κ1) is 18.4. The fourth-order valence-corrected chi connectivity index (χ4v) is 1.84. The number of nitrogens with zero attached hydrogens (tertiary/aromatic N) is 1. The van der Waals surface area contributed by atoms with Gasteiger partial charge in [0.15, 0.2) is 29.9 Å². The molecule has 1 N–H and O–H groups in total. The smallest absolute Gasteiger partial charge is 0.265 e. The molecule has 2 rings (SSSR count). The average molecular weight is 358 g/mol. The SMILES string of the molecule is Cc1cccc(NC(=O)CO/N=C/c2c(F)c(F)c(F)c(F)c2F)c1. The second kappa shape index (κ2) is 7.73. The summed E-state index contributed by atoms with van der Waals surface area (Å²) in [6.07, 6.45) is 0.302. The van der Waals surface area contributed by atoms with Crippen molar-refractivity contribution in [1.82, 2.24) is 0 Å². The van der Waals surface area contributed by atoms with E-state index in [0.717, 1.165) is 5.56 Å². The Morgan fingerprint density at radius 1 is 1.08 bits per heavy atom. The number of carbonyl (C=O) groups excluding carboxylic acids is 1. The highest BCUT2D eigenvalue weighted by molar-refractivity contribution is 5.91. The number of hydrogen-bond acceptors (Lipinski definition) is 3. The molecule has 0 saturated heterocycles. The second-order valence-electron chi connectivity index (χ2n) is 4.91. The first-order valence-corrected chi connectivity index (χ1v) is 6.84. The minimum absolute atomic E-state index is 0.302. The van der Waals surface area contributed by atoms with Crippen molar-refractivity contribution in [2.24, 2.45) is 5.16 Å². The minimum atomic E-state index is -2.27. The van der Waals surface area contributed by atoms with E-state index >= 15 is 0 Å². The molecular formula is C16H11F5N2O2. The molecule has 0 aliphatic carbocycles. The molecule has 4 nitrogen and oxygen atoms in total. The minimum Gasteiger partial charge on any atom is -0.386 e. The van der Waals surface area contributed by atoms with Crippen molar-refractivity contribution in [3.63, 3.8) is 0 Å². The van der Waals surface area contributed by atoms with Gasteiger partial charge >= 0.3 is 0 Å². The molecular weight excluding hydrogens is 347 g/mol. The van der Waals surface area contributed by atoms with Crippen LogP contribution in [0.5, 0.6) is 0 Å². The van der Waals surface area contributed by atoms with E-state index in [-0.39, 0.29) is 0 Å². The van der Waals surface area contributed by atoms with Gasteiger partial charge < -0.3 is 10.2 Å². The number of carbonyl (C=O) groups is 1. The van der Waals surface area contributed by atoms with Gasteiger partial charge in [-0.3, -0.25) is 4.79 Å². The van der Waals surface area contributed by atoms with E-state index in [0.29, 0.717) is 11.9 Å². The van der Waals surface area contributed by atoms with E-state index < -0.39 is 47.2 Å². The lowest BCUT2D eigenvalue weighted by Gasteiger charge is -2.05. The van der Waals surface area contributed by atoms with Gasteiger partial charge in [-0.2, -0.15) is 0 Å². The Bertz CT molecular complexity index is 811. The zero-order valence-electron chi connectivity index (χ0n) is 12.7. The Balaban J connectivity index is 1.99. The molecule has 0 heterocycles. The van der Waals surface area contributed by atoms with Crippen molar-refractivity contribution in [3.8, 4) is 0 Å². The molecule has 9 heteroatoms. The predicted octanol–water partition coefficient (Wildman–Crippen LogP) is 3.68. The van der Waals surface area contributed by atoms with Crippen LogP contribution in [0.2, 0.25) is 0 Å². The molecule has 25 heavy (non-hydrogen) atoms. The number of halogens is 5. The number of nitrogens with one attached hydrogen (secondary N) is 1. The van der Waals surface area contributed by atoms with Crippen LogP contribution in [0.3, 0.4) is 0 Å². The first-order chi connectivity index (χ1) is 11.8. The first-order valence-electron chi connectivity index (χ1n) is 6.84. The van der Waals surface area contributed by atoms with Crippen molar-refractivity contribution >= 4 is 17.8 Å². The van der Waals surface area contributed by atoms with Gasteiger partial charge in [-0.25, -0.2) is 22.0 Å². The van der Waals surface area contributed by atoms with Gasteiger partial charge in [0.2, 0.25) is 5.82 Å². The average Bonchev–Trinajstić information content (AvgIpc) is 2.57. The molecule has 0 atom stereocenters. The van der Waals surface area contributed by atoms with Gasteiger partial charge in [-0.05, 0) is 24.6 Å². The fraction of sp³-hybridized carbons (Fsp3) is 0.125. The summed E-state index contributed by atoms with van der Waals surface area (Å²) >= 11 is 0. The Kier molecular flexibility index (Phi) is 5.68. The standard InChI is InChI=1S/C16H11F5N2O2/c1-8-3-2-4-9(5-8)23-11(24)7-25-22-6-10-12(17)14(19)16(21)15(20)13(10)18/h2-6H,7H2,1H3,(H,23,24)/b22-6+. The molecule has 0 aromatic heterocycles. The van der Waals surface area contributed by atoms with Crippen LogP contribution < -0.4 is 5.32 Å². The molecule has 0 aliphatic rings. The van der Waals surface area contributed by atoms with Crippen molar-refractivity contribution in [1.29, 1.82) is 0 Å². The Labute approximate surface area is 138 Å². The zero-order chi connectivity index (χ0) is 18.6. The van der Waals surface area contributed by atoms with Crippen molar-refractivity contribution in [2.75, 3.05) is 11.9 Å². The lowest BCUT2D eigenvalue weighted by Crippen LogP contribution is -2.17. The highest BCUT2D eigenvalue weighted by Crippen LogP contribution is 2.21. The molecule has 0 radical (unpaired) electrons. The Morgan fingerprint density at radius 2 is 1.68 bits per heavy atom. The highest BCUT2D eigenvalue weighted by atomic mass is 19.2. The molecule has 0 aliphatic heterocycles. The maximum absolute atomic E-state index is 13.4. The van der Waals surface area contributed by atoms with Crippen LogP contribution in [0.1, 0.15) is 11.1 Å². The number of rotatable bonds is 5. The monoisotopic (exact) mass is 358 g/mol. The second-order valence-corrected chi connectivity index (χ2v) is 4.91. The Hall–Kier alpha value is -2.97. The van der Waals surface area contributed by atoms with E-state index in [1.807, 2.05) is 13.0 Å². The van der Waals surface area contributed by atoms with E-state index in [1.165, 1.54) is 0 Å². The number of anilines is 1. The summed E-state index contributed by atoms with van der Waals surface area (Å²) in [7, 11) is 0. The normalized spacial score (nSPS) is 11.0. The lowest BCUT2D eigenvalue weighted by atomic mass is 10.2. The van der Waals surface area contributed by atoms with Crippen LogP contribution in [0.15, 0.2) is 29.4 Å². The molecule has 2 aromatic carbocycles. The summed E-state index contributed by atoms with van der Waals surface area (Å²) in [4.78, 5) is 16.1. The van der Waals surface area contributed by atoms with Gasteiger partial charge in [-0.15, -0.1) is 0 Å². The molecule has 0 unspecified atom stereocenters. The molecule has 2 aromatic rings.